The number of aryl methyl sites for hydroxylation is 1. The molecule has 0 bridgehead atoms. The minimum absolute atomic E-state index is 0.144. The summed E-state index contributed by atoms with van der Waals surface area (Å²) in [5, 5.41) is 15.1. The number of benzene rings is 1. The molecule has 2 aromatic rings. The summed E-state index contributed by atoms with van der Waals surface area (Å²) < 4.78 is 21.0. The van der Waals surface area contributed by atoms with E-state index in [-0.39, 0.29) is 11.9 Å². The topological polar surface area (TPSA) is 76.4 Å². The van der Waals surface area contributed by atoms with Gasteiger partial charge in [0.2, 0.25) is 0 Å². The van der Waals surface area contributed by atoms with Crippen LogP contribution >= 0.6 is 0 Å². The maximum atomic E-state index is 13.3. The molecule has 0 aliphatic heterocycles. The molecule has 0 spiro atoms. The van der Waals surface area contributed by atoms with Gasteiger partial charge >= 0.3 is 0 Å². The van der Waals surface area contributed by atoms with Crippen molar-refractivity contribution < 1.29 is 9.13 Å². The van der Waals surface area contributed by atoms with Crippen molar-refractivity contribution in [3.8, 4) is 5.75 Å². The second kappa shape index (κ2) is 9.52. The van der Waals surface area contributed by atoms with Gasteiger partial charge in [-0.05, 0) is 38.8 Å². The van der Waals surface area contributed by atoms with Crippen LogP contribution in [0.15, 0.2) is 29.3 Å². The van der Waals surface area contributed by atoms with Gasteiger partial charge in [0.1, 0.15) is 30.0 Å². The molecule has 2 N–H and O–H groups in total. The average molecular weight is 388 g/mol. The van der Waals surface area contributed by atoms with Crippen molar-refractivity contribution in [2.45, 2.75) is 58.2 Å². The molecule has 1 aromatic heterocycles. The first-order valence-electron chi connectivity index (χ1n) is 9.83. The quantitative estimate of drug-likeness (QED) is 0.563. The molecule has 0 saturated heterocycles. The zero-order valence-electron chi connectivity index (χ0n) is 16.8. The van der Waals surface area contributed by atoms with Crippen LogP contribution in [0.5, 0.6) is 5.75 Å². The number of halogens is 1. The number of rotatable bonds is 7. The number of hydrogen-bond donors (Lipinski definition) is 2. The van der Waals surface area contributed by atoms with Gasteiger partial charge in [-0.15, -0.1) is 10.2 Å². The monoisotopic (exact) mass is 388 g/mol. The number of nitrogens with zero attached hydrogens (tertiary/aromatic N) is 4. The van der Waals surface area contributed by atoms with Crippen LogP contribution in [0.1, 0.15) is 44.3 Å². The fourth-order valence-electron chi connectivity index (χ4n) is 3.21. The summed E-state index contributed by atoms with van der Waals surface area (Å²) in [6.07, 6.45) is 4.64. The van der Waals surface area contributed by atoms with Gasteiger partial charge in [0.25, 0.3) is 0 Å². The van der Waals surface area contributed by atoms with E-state index in [1.54, 1.807) is 12.1 Å². The highest BCUT2D eigenvalue weighted by atomic mass is 19.1. The SMILES string of the molecule is Cc1nnc(CN=C(NCC(C)Oc2cccc(F)c2)NC2CCCC2)n1C. The number of guanidine groups is 1. The Morgan fingerprint density at radius 3 is 2.82 bits per heavy atom. The molecule has 1 unspecified atom stereocenters. The molecule has 152 valence electrons. The van der Waals surface area contributed by atoms with Gasteiger partial charge in [0.05, 0.1) is 6.54 Å². The third-order valence-electron chi connectivity index (χ3n) is 4.95. The number of aromatic nitrogens is 3. The third kappa shape index (κ3) is 5.68. The first kappa shape index (κ1) is 20.1. The fourth-order valence-corrected chi connectivity index (χ4v) is 3.21. The van der Waals surface area contributed by atoms with Crippen molar-refractivity contribution in [3.63, 3.8) is 0 Å². The first-order chi connectivity index (χ1) is 13.5. The lowest BCUT2D eigenvalue weighted by Gasteiger charge is -2.20. The summed E-state index contributed by atoms with van der Waals surface area (Å²) in [5.74, 6) is 2.63. The number of hydrogen-bond acceptors (Lipinski definition) is 4. The van der Waals surface area contributed by atoms with Crippen molar-refractivity contribution >= 4 is 5.96 Å². The Morgan fingerprint density at radius 2 is 2.14 bits per heavy atom. The molecule has 1 atom stereocenters. The van der Waals surface area contributed by atoms with Crippen molar-refractivity contribution in [1.29, 1.82) is 0 Å². The summed E-state index contributed by atoms with van der Waals surface area (Å²) in [4.78, 5) is 4.68. The van der Waals surface area contributed by atoms with Gasteiger partial charge in [-0.25, -0.2) is 9.38 Å². The van der Waals surface area contributed by atoms with E-state index < -0.39 is 0 Å². The molecule has 3 rings (SSSR count). The Balaban J connectivity index is 1.59. The smallest absolute Gasteiger partial charge is 0.192 e. The molecule has 0 amide bonds. The molecule has 1 aliphatic carbocycles. The first-order valence-corrected chi connectivity index (χ1v) is 9.83. The predicted molar refractivity (Wildman–Crippen MR) is 107 cm³/mol. The Kier molecular flexibility index (Phi) is 6.84. The van der Waals surface area contributed by atoms with Gasteiger partial charge in [0, 0.05) is 19.2 Å². The molecule has 28 heavy (non-hydrogen) atoms. The highest BCUT2D eigenvalue weighted by Crippen LogP contribution is 2.17. The van der Waals surface area contributed by atoms with E-state index in [4.69, 9.17) is 4.74 Å². The number of ether oxygens (including phenoxy) is 1. The van der Waals surface area contributed by atoms with Crippen LogP contribution in [-0.4, -0.2) is 39.4 Å². The van der Waals surface area contributed by atoms with E-state index in [0.29, 0.717) is 24.9 Å². The second-order valence-corrected chi connectivity index (χ2v) is 7.28. The lowest BCUT2D eigenvalue weighted by molar-refractivity contribution is 0.223. The van der Waals surface area contributed by atoms with E-state index in [1.807, 2.05) is 25.5 Å². The molecule has 1 heterocycles. The van der Waals surface area contributed by atoms with Gasteiger partial charge in [-0.3, -0.25) is 0 Å². The molecule has 1 saturated carbocycles. The Labute approximate surface area is 165 Å². The van der Waals surface area contributed by atoms with Gasteiger partial charge < -0.3 is 19.9 Å². The maximum Gasteiger partial charge on any atom is 0.192 e. The van der Waals surface area contributed by atoms with Crippen LogP contribution in [0.4, 0.5) is 4.39 Å². The number of aliphatic imine (C=N–C) groups is 1. The average Bonchev–Trinajstić information content (AvgIpc) is 3.28. The van der Waals surface area contributed by atoms with E-state index >= 15 is 0 Å². The zero-order valence-corrected chi connectivity index (χ0v) is 16.8. The zero-order chi connectivity index (χ0) is 19.9. The molecule has 7 nitrogen and oxygen atoms in total. The molecule has 1 aromatic carbocycles. The molecule has 8 heteroatoms. The van der Waals surface area contributed by atoms with Crippen LogP contribution in [0.2, 0.25) is 0 Å². The minimum Gasteiger partial charge on any atom is -0.489 e. The highest BCUT2D eigenvalue weighted by Gasteiger charge is 2.17. The summed E-state index contributed by atoms with van der Waals surface area (Å²) in [6.45, 7) is 4.85. The van der Waals surface area contributed by atoms with Crippen LogP contribution in [0.3, 0.4) is 0 Å². The second-order valence-electron chi connectivity index (χ2n) is 7.28. The molecule has 0 radical (unpaired) electrons. The van der Waals surface area contributed by atoms with Crippen LogP contribution in [0, 0.1) is 12.7 Å². The van der Waals surface area contributed by atoms with E-state index in [1.165, 1.54) is 25.0 Å². The Morgan fingerprint density at radius 1 is 1.36 bits per heavy atom. The maximum absolute atomic E-state index is 13.3. The summed E-state index contributed by atoms with van der Waals surface area (Å²) in [5.41, 5.74) is 0. The number of nitrogens with one attached hydrogen (secondary N) is 2. The summed E-state index contributed by atoms with van der Waals surface area (Å²) in [7, 11) is 1.94. The van der Waals surface area contributed by atoms with E-state index in [9.17, 15) is 4.39 Å². The van der Waals surface area contributed by atoms with Gasteiger partial charge in [-0.1, -0.05) is 18.9 Å². The molecular weight excluding hydrogens is 359 g/mol. The molecule has 1 fully saturated rings. The molecular formula is C20H29FN6O. The normalized spacial score (nSPS) is 16.2. The van der Waals surface area contributed by atoms with E-state index in [2.05, 4.69) is 25.8 Å². The Bertz CT molecular complexity index is 800. The summed E-state index contributed by atoms with van der Waals surface area (Å²) >= 11 is 0. The minimum atomic E-state index is -0.304. The molecule has 1 aliphatic rings. The van der Waals surface area contributed by atoms with Crippen LogP contribution in [-0.2, 0) is 13.6 Å². The van der Waals surface area contributed by atoms with Crippen molar-refractivity contribution in [2.75, 3.05) is 6.54 Å². The third-order valence-corrected chi connectivity index (χ3v) is 4.95. The fraction of sp³-hybridized carbons (Fsp3) is 0.550. The van der Waals surface area contributed by atoms with Crippen molar-refractivity contribution in [2.24, 2.45) is 12.0 Å². The van der Waals surface area contributed by atoms with E-state index in [0.717, 1.165) is 30.5 Å². The lowest BCUT2D eigenvalue weighted by Crippen LogP contribution is -2.45. The van der Waals surface area contributed by atoms with Crippen molar-refractivity contribution in [1.82, 2.24) is 25.4 Å². The van der Waals surface area contributed by atoms with Gasteiger partial charge in [-0.2, -0.15) is 0 Å². The standard InChI is InChI=1S/C20H29FN6O/c1-14(28-18-10-6-7-16(21)11-18)12-22-20(24-17-8-4-5-9-17)23-13-19-26-25-15(2)27(19)3/h6-7,10-11,14,17H,4-5,8-9,12-13H2,1-3H3,(H2,22,23,24). The van der Waals surface area contributed by atoms with Crippen LogP contribution < -0.4 is 15.4 Å². The predicted octanol–water partition coefficient (Wildman–Crippen LogP) is 2.71. The Hall–Kier alpha value is -2.64. The van der Waals surface area contributed by atoms with Crippen molar-refractivity contribution in [3.05, 3.63) is 41.7 Å². The largest absolute Gasteiger partial charge is 0.489 e. The lowest BCUT2D eigenvalue weighted by atomic mass is 10.2. The van der Waals surface area contributed by atoms with Gasteiger partial charge in [0.15, 0.2) is 11.8 Å². The van der Waals surface area contributed by atoms with Crippen LogP contribution in [0.25, 0.3) is 0 Å². The highest BCUT2D eigenvalue weighted by molar-refractivity contribution is 5.80. The summed E-state index contributed by atoms with van der Waals surface area (Å²) in [6, 6.07) is 6.62.